The molecule has 5 nitrogen and oxygen atoms in total. The maximum atomic E-state index is 10.4. The topological polar surface area (TPSA) is 65.9 Å². The molecule has 1 heterocycles. The standard InChI is InChI=1S/C19H29N3O2S/c1-3-4-11-24-12-7-10-21-19(20-2)22-14-16(23)18-13-15-8-5-6-9-17(15)25-18/h5-6,8-9,13,16,23H,3-4,7,10-12,14H2,1-2H3,(H2,20,21,22). The Labute approximate surface area is 154 Å². The number of rotatable bonds is 10. The van der Waals surface area contributed by atoms with Crippen molar-refractivity contribution in [2.75, 3.05) is 33.4 Å². The van der Waals surface area contributed by atoms with Gasteiger partial charge in [0.15, 0.2) is 5.96 Å². The molecule has 3 N–H and O–H groups in total. The van der Waals surface area contributed by atoms with Crippen molar-refractivity contribution < 1.29 is 9.84 Å². The van der Waals surface area contributed by atoms with Gasteiger partial charge in [0, 0.05) is 42.9 Å². The molecule has 0 aliphatic heterocycles. The SMILES string of the molecule is CCCCOCCCNC(=NC)NCC(O)c1cc2ccccc2s1. The van der Waals surface area contributed by atoms with E-state index in [0.29, 0.717) is 12.5 Å². The first-order valence-electron chi connectivity index (χ1n) is 8.93. The monoisotopic (exact) mass is 363 g/mol. The zero-order valence-electron chi connectivity index (χ0n) is 15.1. The molecule has 0 saturated heterocycles. The predicted octanol–water partition coefficient (Wildman–Crippen LogP) is 3.31. The van der Waals surface area contributed by atoms with Crippen molar-refractivity contribution >= 4 is 27.4 Å². The molecule has 1 atom stereocenters. The van der Waals surface area contributed by atoms with Gasteiger partial charge in [0.05, 0.1) is 0 Å². The number of aliphatic hydroxyl groups excluding tert-OH is 1. The van der Waals surface area contributed by atoms with Gasteiger partial charge in [-0.25, -0.2) is 0 Å². The van der Waals surface area contributed by atoms with Gasteiger partial charge in [-0.3, -0.25) is 4.99 Å². The quantitative estimate of drug-likeness (QED) is 0.344. The third-order valence-electron chi connectivity index (χ3n) is 3.86. The first-order valence-corrected chi connectivity index (χ1v) is 9.75. The highest BCUT2D eigenvalue weighted by Crippen LogP contribution is 2.29. The zero-order valence-corrected chi connectivity index (χ0v) is 15.9. The summed E-state index contributed by atoms with van der Waals surface area (Å²) in [7, 11) is 1.74. The zero-order chi connectivity index (χ0) is 17.9. The summed E-state index contributed by atoms with van der Waals surface area (Å²) in [6, 6.07) is 10.2. The number of aliphatic hydroxyl groups is 1. The third kappa shape index (κ3) is 6.65. The Morgan fingerprint density at radius 2 is 2.04 bits per heavy atom. The second-order valence-electron chi connectivity index (χ2n) is 5.90. The summed E-state index contributed by atoms with van der Waals surface area (Å²) in [4.78, 5) is 5.16. The summed E-state index contributed by atoms with van der Waals surface area (Å²) in [6.07, 6.45) is 2.67. The number of thiophene rings is 1. The molecule has 0 amide bonds. The van der Waals surface area contributed by atoms with Crippen molar-refractivity contribution in [3.05, 3.63) is 35.2 Å². The maximum Gasteiger partial charge on any atom is 0.191 e. The molecule has 0 aliphatic rings. The fourth-order valence-electron chi connectivity index (χ4n) is 2.41. The van der Waals surface area contributed by atoms with Gasteiger partial charge in [-0.15, -0.1) is 11.3 Å². The number of unbranched alkanes of at least 4 members (excludes halogenated alkanes) is 1. The summed E-state index contributed by atoms with van der Waals surface area (Å²) < 4.78 is 6.73. The number of hydrogen-bond acceptors (Lipinski definition) is 4. The van der Waals surface area contributed by atoms with Gasteiger partial charge in [-0.05, 0) is 30.4 Å². The van der Waals surface area contributed by atoms with Gasteiger partial charge in [0.25, 0.3) is 0 Å². The predicted molar refractivity (Wildman–Crippen MR) is 106 cm³/mol. The minimum Gasteiger partial charge on any atom is -0.386 e. The summed E-state index contributed by atoms with van der Waals surface area (Å²) in [5, 5.41) is 18.0. The number of benzene rings is 1. The molecule has 1 unspecified atom stereocenters. The van der Waals surface area contributed by atoms with E-state index in [2.05, 4.69) is 40.7 Å². The third-order valence-corrected chi connectivity index (χ3v) is 5.08. The van der Waals surface area contributed by atoms with Gasteiger partial charge >= 0.3 is 0 Å². The van der Waals surface area contributed by atoms with Crippen LogP contribution in [-0.4, -0.2) is 44.4 Å². The van der Waals surface area contributed by atoms with E-state index in [4.69, 9.17) is 4.74 Å². The van der Waals surface area contributed by atoms with E-state index in [-0.39, 0.29) is 0 Å². The van der Waals surface area contributed by atoms with Crippen molar-refractivity contribution in [3.8, 4) is 0 Å². The van der Waals surface area contributed by atoms with E-state index in [1.54, 1.807) is 18.4 Å². The second kappa shape index (κ2) is 11.1. The van der Waals surface area contributed by atoms with E-state index in [1.807, 2.05) is 12.1 Å². The number of ether oxygens (including phenoxy) is 1. The van der Waals surface area contributed by atoms with Crippen LogP contribution in [0.2, 0.25) is 0 Å². The van der Waals surface area contributed by atoms with E-state index in [9.17, 15) is 5.11 Å². The normalized spacial score (nSPS) is 13.2. The fourth-order valence-corrected chi connectivity index (χ4v) is 3.46. The van der Waals surface area contributed by atoms with Crippen LogP contribution in [0.3, 0.4) is 0 Å². The number of guanidine groups is 1. The van der Waals surface area contributed by atoms with Crippen LogP contribution in [0.15, 0.2) is 35.3 Å². The van der Waals surface area contributed by atoms with Crippen LogP contribution in [0.1, 0.15) is 37.2 Å². The summed E-state index contributed by atoms with van der Waals surface area (Å²) in [6.45, 7) is 4.98. The van der Waals surface area contributed by atoms with Gasteiger partial charge in [0.1, 0.15) is 6.10 Å². The van der Waals surface area contributed by atoms with E-state index >= 15 is 0 Å². The molecule has 6 heteroatoms. The smallest absolute Gasteiger partial charge is 0.191 e. The van der Waals surface area contributed by atoms with Crippen molar-refractivity contribution in [2.24, 2.45) is 4.99 Å². The molecule has 2 aromatic rings. The average molecular weight is 364 g/mol. The lowest BCUT2D eigenvalue weighted by atomic mass is 10.2. The van der Waals surface area contributed by atoms with Crippen LogP contribution < -0.4 is 10.6 Å². The molecule has 2 rings (SSSR count). The van der Waals surface area contributed by atoms with Crippen molar-refractivity contribution in [3.63, 3.8) is 0 Å². The minimum atomic E-state index is -0.548. The molecule has 0 fully saturated rings. The molecular weight excluding hydrogens is 334 g/mol. The molecular formula is C19H29N3O2S. The summed E-state index contributed by atoms with van der Waals surface area (Å²) in [5.41, 5.74) is 0. The molecule has 0 aliphatic carbocycles. The van der Waals surface area contributed by atoms with Crippen molar-refractivity contribution in [1.82, 2.24) is 10.6 Å². The Morgan fingerprint density at radius 3 is 2.80 bits per heavy atom. The van der Waals surface area contributed by atoms with Crippen LogP contribution >= 0.6 is 11.3 Å². The van der Waals surface area contributed by atoms with Crippen LogP contribution in [0, 0.1) is 0 Å². The summed E-state index contributed by atoms with van der Waals surface area (Å²) in [5.74, 6) is 0.703. The first-order chi connectivity index (χ1) is 12.2. The second-order valence-corrected chi connectivity index (χ2v) is 7.02. The van der Waals surface area contributed by atoms with Crippen molar-refractivity contribution in [1.29, 1.82) is 0 Å². The molecule has 25 heavy (non-hydrogen) atoms. The van der Waals surface area contributed by atoms with Gasteiger partial charge in [-0.1, -0.05) is 31.5 Å². The highest BCUT2D eigenvalue weighted by atomic mass is 32.1. The molecule has 0 saturated carbocycles. The van der Waals surface area contributed by atoms with E-state index < -0.39 is 6.10 Å². The number of nitrogens with one attached hydrogen (secondary N) is 2. The Kier molecular flexibility index (Phi) is 8.72. The number of nitrogens with zero attached hydrogens (tertiary/aromatic N) is 1. The Balaban J connectivity index is 1.69. The molecule has 138 valence electrons. The highest BCUT2D eigenvalue weighted by molar-refractivity contribution is 7.19. The Morgan fingerprint density at radius 1 is 1.24 bits per heavy atom. The first kappa shape index (κ1) is 19.7. The summed E-state index contributed by atoms with van der Waals surface area (Å²) >= 11 is 1.63. The van der Waals surface area contributed by atoms with Gasteiger partial charge in [-0.2, -0.15) is 0 Å². The van der Waals surface area contributed by atoms with Crippen LogP contribution in [0.5, 0.6) is 0 Å². The van der Waals surface area contributed by atoms with E-state index in [1.165, 1.54) is 10.1 Å². The van der Waals surface area contributed by atoms with Crippen molar-refractivity contribution in [2.45, 2.75) is 32.3 Å². The highest BCUT2D eigenvalue weighted by Gasteiger charge is 2.12. The number of fused-ring (bicyclic) bond motifs is 1. The van der Waals surface area contributed by atoms with Crippen LogP contribution in [0.4, 0.5) is 0 Å². The lowest BCUT2D eigenvalue weighted by Crippen LogP contribution is -2.39. The number of aliphatic imine (C=N–C) groups is 1. The molecule has 0 radical (unpaired) electrons. The van der Waals surface area contributed by atoms with Crippen LogP contribution in [0.25, 0.3) is 10.1 Å². The Bertz CT molecular complexity index is 624. The average Bonchev–Trinajstić information content (AvgIpc) is 3.07. The minimum absolute atomic E-state index is 0.430. The van der Waals surface area contributed by atoms with E-state index in [0.717, 1.165) is 43.9 Å². The maximum absolute atomic E-state index is 10.4. The molecule has 1 aromatic carbocycles. The number of hydrogen-bond donors (Lipinski definition) is 3. The van der Waals surface area contributed by atoms with Gasteiger partial charge < -0.3 is 20.5 Å². The molecule has 1 aromatic heterocycles. The lowest BCUT2D eigenvalue weighted by Gasteiger charge is -2.14. The lowest BCUT2D eigenvalue weighted by molar-refractivity contribution is 0.129. The molecule has 0 spiro atoms. The fraction of sp³-hybridized carbons (Fsp3) is 0.526. The Hall–Kier alpha value is -1.63. The van der Waals surface area contributed by atoms with Gasteiger partial charge in [0.2, 0.25) is 0 Å². The molecule has 0 bridgehead atoms. The largest absolute Gasteiger partial charge is 0.386 e. The van der Waals surface area contributed by atoms with Crippen LogP contribution in [-0.2, 0) is 4.74 Å².